The molecule has 4 heteroatoms. The Bertz CT molecular complexity index is 594. The van der Waals surface area contributed by atoms with E-state index in [9.17, 15) is 0 Å². The molecule has 0 unspecified atom stereocenters. The third kappa shape index (κ3) is 3.27. The number of hydrogen-bond donors (Lipinski definition) is 1. The van der Waals surface area contributed by atoms with Gasteiger partial charge in [0.1, 0.15) is 0 Å². The maximum atomic E-state index is 6.05. The quantitative estimate of drug-likeness (QED) is 0.908. The Morgan fingerprint density at radius 1 is 1.05 bits per heavy atom. The van der Waals surface area contributed by atoms with Gasteiger partial charge in [0, 0.05) is 30.5 Å². The highest BCUT2D eigenvalue weighted by Gasteiger charge is 2.19. The molecule has 1 N–H and O–H groups in total. The van der Waals surface area contributed by atoms with Gasteiger partial charge in [0.25, 0.3) is 0 Å². The van der Waals surface area contributed by atoms with E-state index >= 15 is 0 Å². The van der Waals surface area contributed by atoms with E-state index < -0.39 is 0 Å². The van der Waals surface area contributed by atoms with Crippen molar-refractivity contribution in [2.24, 2.45) is 0 Å². The van der Waals surface area contributed by atoms with Crippen molar-refractivity contribution in [1.29, 1.82) is 0 Å². The molecule has 3 rings (SSSR count). The summed E-state index contributed by atoms with van der Waals surface area (Å²) >= 11 is 12.0. The highest BCUT2D eigenvalue weighted by atomic mass is 35.5. The molecule has 0 radical (unpaired) electrons. The molecule has 0 amide bonds. The summed E-state index contributed by atoms with van der Waals surface area (Å²) in [6, 6.07) is 8.49. The van der Waals surface area contributed by atoms with Crippen molar-refractivity contribution in [2.45, 2.75) is 25.4 Å². The summed E-state index contributed by atoms with van der Waals surface area (Å²) in [7, 11) is 0. The topological polar surface area (TPSA) is 24.9 Å². The fourth-order valence-electron chi connectivity index (χ4n) is 1.97. The summed E-state index contributed by atoms with van der Waals surface area (Å²) in [6.07, 6.45) is 6.33. The Balaban J connectivity index is 1.82. The first-order valence-corrected chi connectivity index (χ1v) is 7.11. The monoisotopic (exact) mass is 292 g/mol. The predicted octanol–water partition coefficient (Wildman–Crippen LogP) is 4.31. The van der Waals surface area contributed by atoms with Gasteiger partial charge in [-0.15, -0.1) is 0 Å². The van der Waals surface area contributed by atoms with E-state index in [1.165, 1.54) is 18.4 Å². The van der Waals surface area contributed by atoms with Crippen LogP contribution in [0.3, 0.4) is 0 Å². The third-order valence-electron chi connectivity index (χ3n) is 3.22. The van der Waals surface area contributed by atoms with Gasteiger partial charge in [-0.1, -0.05) is 29.3 Å². The second kappa shape index (κ2) is 5.49. The molecule has 0 atom stereocenters. The van der Waals surface area contributed by atoms with Crippen LogP contribution < -0.4 is 5.32 Å². The molecule has 1 aliphatic rings. The average Bonchev–Trinajstić information content (AvgIpc) is 3.24. The lowest BCUT2D eigenvalue weighted by Gasteiger charge is -2.07. The Hall–Kier alpha value is -1.09. The Labute approximate surface area is 122 Å². The molecule has 2 aromatic rings. The number of hydrogen-bond acceptors (Lipinski definition) is 2. The Kier molecular flexibility index (Phi) is 3.74. The molecule has 0 spiro atoms. The lowest BCUT2D eigenvalue weighted by Crippen LogP contribution is -2.15. The minimum absolute atomic E-state index is 0.570. The normalized spacial score (nSPS) is 14.6. The highest BCUT2D eigenvalue weighted by Crippen LogP contribution is 2.28. The molecule has 1 aromatic heterocycles. The molecule has 1 aliphatic carbocycles. The molecule has 19 heavy (non-hydrogen) atoms. The van der Waals surface area contributed by atoms with E-state index in [-0.39, 0.29) is 0 Å². The van der Waals surface area contributed by atoms with E-state index in [0.717, 1.165) is 17.7 Å². The van der Waals surface area contributed by atoms with Gasteiger partial charge >= 0.3 is 0 Å². The largest absolute Gasteiger partial charge is 0.310 e. The third-order valence-corrected chi connectivity index (χ3v) is 3.96. The smallest absolute Gasteiger partial charge is 0.0598 e. The highest BCUT2D eigenvalue weighted by molar-refractivity contribution is 6.42. The molecule has 0 aliphatic heterocycles. The Morgan fingerprint density at radius 2 is 1.89 bits per heavy atom. The van der Waals surface area contributed by atoms with Crippen LogP contribution in [0.15, 0.2) is 36.7 Å². The van der Waals surface area contributed by atoms with Crippen LogP contribution in [-0.4, -0.2) is 11.0 Å². The zero-order valence-corrected chi connectivity index (χ0v) is 11.9. The van der Waals surface area contributed by atoms with Crippen LogP contribution in [-0.2, 0) is 6.54 Å². The van der Waals surface area contributed by atoms with Crippen molar-refractivity contribution in [1.82, 2.24) is 10.3 Å². The lowest BCUT2D eigenvalue weighted by atomic mass is 10.1. The first-order chi connectivity index (χ1) is 9.22. The number of nitrogens with one attached hydrogen (secondary N) is 1. The molecular weight excluding hydrogens is 279 g/mol. The molecule has 98 valence electrons. The molecule has 1 saturated carbocycles. The van der Waals surface area contributed by atoms with Crippen LogP contribution in [0.25, 0.3) is 11.1 Å². The summed E-state index contributed by atoms with van der Waals surface area (Å²) in [5, 5.41) is 4.63. The number of nitrogens with zero attached hydrogens (tertiary/aromatic N) is 1. The molecule has 2 nitrogen and oxygen atoms in total. The maximum absolute atomic E-state index is 6.05. The summed E-state index contributed by atoms with van der Waals surface area (Å²) in [5.41, 5.74) is 3.29. The fourth-order valence-corrected chi connectivity index (χ4v) is 2.27. The lowest BCUT2D eigenvalue weighted by molar-refractivity contribution is 0.686. The van der Waals surface area contributed by atoms with Crippen LogP contribution in [0, 0.1) is 0 Å². The molecule has 1 heterocycles. The van der Waals surface area contributed by atoms with Gasteiger partial charge in [0.2, 0.25) is 0 Å². The minimum Gasteiger partial charge on any atom is -0.310 e. The second-order valence-electron chi connectivity index (χ2n) is 4.87. The van der Waals surface area contributed by atoms with Crippen LogP contribution in [0.5, 0.6) is 0 Å². The first kappa shape index (κ1) is 12.9. The van der Waals surface area contributed by atoms with Crippen molar-refractivity contribution >= 4 is 23.2 Å². The molecule has 1 fully saturated rings. The zero-order valence-electron chi connectivity index (χ0n) is 10.4. The van der Waals surface area contributed by atoms with E-state index in [0.29, 0.717) is 16.1 Å². The standard InChI is InChI=1S/C15H14Cl2N2/c16-14-4-1-11(6-15(14)17)12-5-10(7-18-9-12)8-19-13-2-3-13/h1,4-7,9,13,19H,2-3,8H2. The SMILES string of the molecule is Clc1ccc(-c2cncc(CNC3CC3)c2)cc1Cl. The van der Waals surface area contributed by atoms with Crippen molar-refractivity contribution in [3.63, 3.8) is 0 Å². The van der Waals surface area contributed by atoms with E-state index in [1.807, 2.05) is 30.6 Å². The van der Waals surface area contributed by atoms with Crippen molar-refractivity contribution in [3.8, 4) is 11.1 Å². The molecular formula is C15H14Cl2N2. The van der Waals surface area contributed by atoms with Crippen LogP contribution >= 0.6 is 23.2 Å². The van der Waals surface area contributed by atoms with Gasteiger partial charge in [-0.2, -0.15) is 0 Å². The van der Waals surface area contributed by atoms with Crippen LogP contribution in [0.4, 0.5) is 0 Å². The van der Waals surface area contributed by atoms with Gasteiger partial charge < -0.3 is 5.32 Å². The van der Waals surface area contributed by atoms with E-state index in [2.05, 4.69) is 16.4 Å². The maximum Gasteiger partial charge on any atom is 0.0598 e. The average molecular weight is 293 g/mol. The van der Waals surface area contributed by atoms with Crippen LogP contribution in [0.1, 0.15) is 18.4 Å². The van der Waals surface area contributed by atoms with Crippen molar-refractivity contribution < 1.29 is 0 Å². The van der Waals surface area contributed by atoms with Gasteiger partial charge in [-0.3, -0.25) is 4.98 Å². The summed E-state index contributed by atoms with van der Waals surface area (Å²) in [5.74, 6) is 0. The van der Waals surface area contributed by atoms with Crippen LogP contribution in [0.2, 0.25) is 10.0 Å². The number of rotatable bonds is 4. The zero-order chi connectivity index (χ0) is 13.2. The summed E-state index contributed by atoms with van der Waals surface area (Å²) in [4.78, 5) is 4.30. The molecule has 1 aromatic carbocycles. The number of aromatic nitrogens is 1. The number of benzene rings is 1. The summed E-state index contributed by atoms with van der Waals surface area (Å²) < 4.78 is 0. The van der Waals surface area contributed by atoms with E-state index in [1.54, 1.807) is 0 Å². The first-order valence-electron chi connectivity index (χ1n) is 6.35. The van der Waals surface area contributed by atoms with Gasteiger partial charge in [0.05, 0.1) is 10.0 Å². The molecule has 0 bridgehead atoms. The minimum atomic E-state index is 0.570. The number of halogens is 2. The van der Waals surface area contributed by atoms with Gasteiger partial charge in [0.15, 0.2) is 0 Å². The van der Waals surface area contributed by atoms with E-state index in [4.69, 9.17) is 23.2 Å². The Morgan fingerprint density at radius 3 is 2.63 bits per heavy atom. The fraction of sp³-hybridized carbons (Fsp3) is 0.267. The number of pyridine rings is 1. The predicted molar refractivity (Wildman–Crippen MR) is 79.6 cm³/mol. The molecule has 0 saturated heterocycles. The van der Waals surface area contributed by atoms with Crippen molar-refractivity contribution in [3.05, 3.63) is 52.3 Å². The summed E-state index contributed by atoms with van der Waals surface area (Å²) in [6.45, 7) is 0.868. The second-order valence-corrected chi connectivity index (χ2v) is 5.68. The van der Waals surface area contributed by atoms with Gasteiger partial charge in [-0.05, 0) is 42.2 Å². The van der Waals surface area contributed by atoms with Crippen molar-refractivity contribution in [2.75, 3.05) is 0 Å². The van der Waals surface area contributed by atoms with Gasteiger partial charge in [-0.25, -0.2) is 0 Å².